The van der Waals surface area contributed by atoms with E-state index < -0.39 is 16.6 Å². The first-order valence-electron chi connectivity index (χ1n) is 6.41. The fourth-order valence-corrected chi connectivity index (χ4v) is 3.61. The quantitative estimate of drug-likeness (QED) is 0.887. The summed E-state index contributed by atoms with van der Waals surface area (Å²) < 4.78 is 44.1. The van der Waals surface area contributed by atoms with Gasteiger partial charge in [0.15, 0.2) is 0 Å². The highest BCUT2D eigenvalue weighted by Crippen LogP contribution is 2.30. The normalized spacial score (nSPS) is 18.1. The van der Waals surface area contributed by atoms with Crippen LogP contribution < -0.4 is 10.5 Å². The summed E-state index contributed by atoms with van der Waals surface area (Å²) in [7, 11) is -1.40. The number of benzene rings is 2. The molecule has 1 aliphatic rings. The molecular weight excluding hydrogens is 296 g/mol. The van der Waals surface area contributed by atoms with Gasteiger partial charge in [-0.25, -0.2) is 8.78 Å². The molecule has 0 aliphatic carbocycles. The third kappa shape index (κ3) is 2.90. The highest BCUT2D eigenvalue weighted by atomic mass is 32.2. The predicted molar refractivity (Wildman–Crippen MR) is 76.6 cm³/mol. The first kappa shape index (κ1) is 14.0. The number of anilines is 1. The Labute approximate surface area is 123 Å². The van der Waals surface area contributed by atoms with E-state index in [-0.39, 0.29) is 23.4 Å². The molecule has 2 atom stereocenters. The third-order valence-electron chi connectivity index (χ3n) is 3.32. The zero-order valence-electron chi connectivity index (χ0n) is 11.0. The Morgan fingerprint density at radius 2 is 1.90 bits per heavy atom. The van der Waals surface area contributed by atoms with Gasteiger partial charge < -0.3 is 10.5 Å². The summed E-state index contributed by atoms with van der Waals surface area (Å²) >= 11 is 0. The molecule has 0 spiro atoms. The van der Waals surface area contributed by atoms with Crippen LogP contribution in [0.1, 0.15) is 5.56 Å². The van der Waals surface area contributed by atoms with Gasteiger partial charge in [0.25, 0.3) is 0 Å². The molecule has 6 heteroatoms. The van der Waals surface area contributed by atoms with E-state index in [9.17, 15) is 13.0 Å². The van der Waals surface area contributed by atoms with Crippen molar-refractivity contribution in [1.82, 2.24) is 0 Å². The molecule has 2 N–H and O–H groups in total. The minimum absolute atomic E-state index is 0.162. The average molecular weight is 309 g/mol. The van der Waals surface area contributed by atoms with Gasteiger partial charge in [-0.2, -0.15) is 0 Å². The molecule has 3 rings (SSSR count). The molecule has 0 saturated carbocycles. The van der Waals surface area contributed by atoms with Crippen molar-refractivity contribution >= 4 is 16.5 Å². The van der Waals surface area contributed by atoms with Crippen molar-refractivity contribution in [3.05, 3.63) is 53.6 Å². The highest BCUT2D eigenvalue weighted by molar-refractivity contribution is 7.85. The minimum Gasteiger partial charge on any atom is -0.489 e. The average Bonchev–Trinajstić information content (AvgIpc) is 2.79. The Balaban J connectivity index is 1.72. The zero-order valence-corrected chi connectivity index (χ0v) is 11.8. The molecule has 2 unspecified atom stereocenters. The number of nitrogens with two attached hydrogens (primary N) is 1. The molecular formula is C15H13F2NO2S. The molecule has 0 saturated heterocycles. The molecule has 2 aromatic rings. The summed E-state index contributed by atoms with van der Waals surface area (Å²) in [5, 5.41) is 0. The molecule has 1 aliphatic heterocycles. The largest absolute Gasteiger partial charge is 0.489 e. The lowest BCUT2D eigenvalue weighted by atomic mass is 10.1. The number of nitrogen functional groups attached to an aromatic ring is 1. The fourth-order valence-electron chi connectivity index (χ4n) is 2.37. The van der Waals surface area contributed by atoms with Crippen molar-refractivity contribution in [2.75, 3.05) is 11.5 Å². The van der Waals surface area contributed by atoms with Crippen molar-refractivity contribution in [1.29, 1.82) is 0 Å². The Hall–Kier alpha value is -1.95. The van der Waals surface area contributed by atoms with E-state index in [4.69, 9.17) is 10.5 Å². The Kier molecular flexibility index (Phi) is 3.63. The lowest BCUT2D eigenvalue weighted by Gasteiger charge is -2.11. The number of hydrogen-bond donors (Lipinski definition) is 1. The molecule has 1 heterocycles. The number of fused-ring (bicyclic) bond motifs is 1. The van der Waals surface area contributed by atoms with E-state index in [1.165, 1.54) is 24.3 Å². The van der Waals surface area contributed by atoms with Gasteiger partial charge in [-0.1, -0.05) is 0 Å². The second-order valence-electron chi connectivity index (χ2n) is 4.89. The number of ether oxygens (including phenoxy) is 1. The maximum absolute atomic E-state index is 13.1. The maximum atomic E-state index is 13.1. The smallest absolute Gasteiger partial charge is 0.125 e. The van der Waals surface area contributed by atoms with Gasteiger partial charge in [-0.15, -0.1) is 0 Å². The SMILES string of the molecule is Nc1cc(F)ccc1S(=O)CC1Cc2cc(F)ccc2O1. The van der Waals surface area contributed by atoms with Crippen molar-refractivity contribution in [3.63, 3.8) is 0 Å². The van der Waals surface area contributed by atoms with Crippen molar-refractivity contribution in [2.24, 2.45) is 0 Å². The van der Waals surface area contributed by atoms with Gasteiger partial charge in [0.2, 0.25) is 0 Å². The third-order valence-corrected chi connectivity index (χ3v) is 4.86. The number of rotatable bonds is 3. The zero-order chi connectivity index (χ0) is 15.0. The Bertz CT molecular complexity index is 721. The molecule has 0 aromatic heterocycles. The van der Waals surface area contributed by atoms with E-state index >= 15 is 0 Å². The van der Waals surface area contributed by atoms with Gasteiger partial charge in [-0.3, -0.25) is 4.21 Å². The van der Waals surface area contributed by atoms with Crippen LogP contribution in [0.2, 0.25) is 0 Å². The first-order chi connectivity index (χ1) is 10.0. The van der Waals surface area contributed by atoms with E-state index in [1.54, 1.807) is 6.07 Å². The Morgan fingerprint density at radius 3 is 2.67 bits per heavy atom. The van der Waals surface area contributed by atoms with Crippen LogP contribution in [-0.4, -0.2) is 16.1 Å². The summed E-state index contributed by atoms with van der Waals surface area (Å²) in [4.78, 5) is 0.391. The summed E-state index contributed by atoms with van der Waals surface area (Å²) in [5.41, 5.74) is 6.61. The van der Waals surface area contributed by atoms with Gasteiger partial charge in [0.1, 0.15) is 23.5 Å². The van der Waals surface area contributed by atoms with Crippen molar-refractivity contribution in [3.8, 4) is 5.75 Å². The van der Waals surface area contributed by atoms with E-state index in [1.807, 2.05) is 0 Å². The van der Waals surface area contributed by atoms with Crippen LogP contribution in [-0.2, 0) is 17.2 Å². The van der Waals surface area contributed by atoms with Crippen LogP contribution in [0.25, 0.3) is 0 Å². The minimum atomic E-state index is -1.40. The summed E-state index contributed by atoms with van der Waals surface area (Å²) in [6.45, 7) is 0. The van der Waals surface area contributed by atoms with Gasteiger partial charge in [0.05, 0.1) is 27.1 Å². The van der Waals surface area contributed by atoms with Crippen LogP contribution in [0.3, 0.4) is 0 Å². The monoisotopic (exact) mass is 309 g/mol. The predicted octanol–water partition coefficient (Wildman–Crippen LogP) is 2.66. The summed E-state index contributed by atoms with van der Waals surface area (Å²) in [6, 6.07) is 8.11. The van der Waals surface area contributed by atoms with Crippen LogP contribution in [0.15, 0.2) is 41.3 Å². The molecule has 21 heavy (non-hydrogen) atoms. The molecule has 0 bridgehead atoms. The van der Waals surface area contributed by atoms with Crippen molar-refractivity contribution < 1.29 is 17.7 Å². The van der Waals surface area contributed by atoms with E-state index in [2.05, 4.69) is 0 Å². The number of hydrogen-bond acceptors (Lipinski definition) is 3. The lowest BCUT2D eigenvalue weighted by Crippen LogP contribution is -2.22. The van der Waals surface area contributed by atoms with E-state index in [0.29, 0.717) is 17.1 Å². The van der Waals surface area contributed by atoms with Crippen LogP contribution in [0.5, 0.6) is 5.75 Å². The van der Waals surface area contributed by atoms with Crippen LogP contribution >= 0.6 is 0 Å². The van der Waals surface area contributed by atoms with Gasteiger partial charge in [-0.05, 0) is 36.4 Å². The maximum Gasteiger partial charge on any atom is 0.125 e. The molecule has 3 nitrogen and oxygen atoms in total. The topological polar surface area (TPSA) is 52.3 Å². The second kappa shape index (κ2) is 5.44. The summed E-state index contributed by atoms with van der Waals surface area (Å²) in [5.74, 6) is 0.0622. The molecule has 110 valence electrons. The second-order valence-corrected chi connectivity index (χ2v) is 6.35. The van der Waals surface area contributed by atoms with Gasteiger partial charge >= 0.3 is 0 Å². The van der Waals surface area contributed by atoms with Crippen LogP contribution in [0.4, 0.5) is 14.5 Å². The molecule has 2 aromatic carbocycles. The first-order valence-corrected chi connectivity index (χ1v) is 7.73. The van der Waals surface area contributed by atoms with Crippen LogP contribution in [0, 0.1) is 11.6 Å². The standard InChI is InChI=1S/C15H13F2NO2S/c16-10-1-3-14-9(5-10)6-12(20-14)8-21(19)15-4-2-11(17)7-13(15)18/h1-5,7,12H,6,8,18H2. The molecule has 0 radical (unpaired) electrons. The Morgan fingerprint density at radius 1 is 1.19 bits per heavy atom. The summed E-state index contributed by atoms with van der Waals surface area (Å²) in [6.07, 6.45) is 0.201. The number of halogens is 2. The van der Waals surface area contributed by atoms with Gasteiger partial charge in [0, 0.05) is 12.0 Å². The van der Waals surface area contributed by atoms with E-state index in [0.717, 1.165) is 11.6 Å². The fraction of sp³-hybridized carbons (Fsp3) is 0.200. The molecule has 0 fully saturated rings. The lowest BCUT2D eigenvalue weighted by molar-refractivity contribution is 0.258. The van der Waals surface area contributed by atoms with Crippen molar-refractivity contribution in [2.45, 2.75) is 17.4 Å². The highest BCUT2D eigenvalue weighted by Gasteiger charge is 2.26. The molecule has 0 amide bonds.